The Kier molecular flexibility index (Phi) is 5.04. The third kappa shape index (κ3) is 3.87. The zero-order chi connectivity index (χ0) is 19.5. The Bertz CT molecular complexity index is 1090. The number of nitrogens with one attached hydrogen (secondary N) is 1. The van der Waals surface area contributed by atoms with Crippen LogP contribution in [0.15, 0.2) is 72.8 Å². The molecule has 0 fully saturated rings. The maximum Gasteiger partial charge on any atom is 0.265 e. The number of para-hydroxylation sites is 2. The van der Waals surface area contributed by atoms with Gasteiger partial charge in [-0.3, -0.25) is 4.79 Å². The summed E-state index contributed by atoms with van der Waals surface area (Å²) >= 11 is 1.63. The predicted octanol–water partition coefficient (Wildman–Crippen LogP) is 5.51. The van der Waals surface area contributed by atoms with Crippen molar-refractivity contribution in [3.8, 4) is 16.3 Å². The molecule has 1 heterocycles. The number of rotatable bonds is 5. The number of carbonyl (C=O) groups excluding carboxylic acids is 1. The normalized spacial score (nSPS) is 11.9. The number of nitrogens with zero attached hydrogens (tertiary/aromatic N) is 1. The Hall–Kier alpha value is -3.25. The molecular formula is C22H17FN2O2S. The number of hydrogen-bond donors (Lipinski definition) is 1. The Morgan fingerprint density at radius 2 is 1.75 bits per heavy atom. The second-order valence-corrected chi connectivity index (χ2v) is 7.27. The summed E-state index contributed by atoms with van der Waals surface area (Å²) in [6, 6.07) is 21.4. The fourth-order valence-corrected chi connectivity index (χ4v) is 3.70. The summed E-state index contributed by atoms with van der Waals surface area (Å²) in [5.74, 6) is -0.343. The summed E-state index contributed by atoms with van der Waals surface area (Å²) in [5.41, 5.74) is 2.09. The first-order chi connectivity index (χ1) is 13.6. The minimum atomic E-state index is -0.770. The molecule has 140 valence electrons. The number of anilines is 1. The molecule has 4 aromatic rings. The first-order valence-electron chi connectivity index (χ1n) is 8.78. The van der Waals surface area contributed by atoms with Crippen LogP contribution in [0.1, 0.15) is 6.92 Å². The summed E-state index contributed by atoms with van der Waals surface area (Å²) < 4.78 is 20.5. The lowest BCUT2D eigenvalue weighted by Crippen LogP contribution is -2.30. The smallest absolute Gasteiger partial charge is 0.265 e. The number of benzene rings is 3. The van der Waals surface area contributed by atoms with E-state index in [1.807, 2.05) is 36.4 Å². The van der Waals surface area contributed by atoms with Crippen molar-refractivity contribution in [2.24, 2.45) is 0 Å². The van der Waals surface area contributed by atoms with Gasteiger partial charge in [-0.2, -0.15) is 0 Å². The van der Waals surface area contributed by atoms with E-state index in [0.29, 0.717) is 5.75 Å². The predicted molar refractivity (Wildman–Crippen MR) is 110 cm³/mol. The molecule has 0 bridgehead atoms. The van der Waals surface area contributed by atoms with Gasteiger partial charge in [0.15, 0.2) is 6.10 Å². The van der Waals surface area contributed by atoms with Crippen molar-refractivity contribution >= 4 is 33.1 Å². The highest BCUT2D eigenvalue weighted by atomic mass is 32.1. The van der Waals surface area contributed by atoms with Gasteiger partial charge in [-0.1, -0.05) is 24.3 Å². The zero-order valence-electron chi connectivity index (χ0n) is 15.1. The minimum Gasteiger partial charge on any atom is -0.481 e. The van der Waals surface area contributed by atoms with Crippen LogP contribution in [-0.2, 0) is 4.79 Å². The molecule has 0 unspecified atom stereocenters. The fourth-order valence-electron chi connectivity index (χ4n) is 2.73. The van der Waals surface area contributed by atoms with Gasteiger partial charge >= 0.3 is 0 Å². The lowest BCUT2D eigenvalue weighted by Gasteiger charge is -2.15. The average Bonchev–Trinajstić information content (AvgIpc) is 3.14. The highest BCUT2D eigenvalue weighted by Crippen LogP contribution is 2.31. The zero-order valence-corrected chi connectivity index (χ0v) is 15.9. The topological polar surface area (TPSA) is 51.2 Å². The van der Waals surface area contributed by atoms with Gasteiger partial charge in [-0.05, 0) is 55.5 Å². The van der Waals surface area contributed by atoms with Gasteiger partial charge < -0.3 is 10.1 Å². The highest BCUT2D eigenvalue weighted by molar-refractivity contribution is 7.21. The minimum absolute atomic E-state index is 0.133. The molecule has 0 aliphatic rings. The molecule has 1 atom stereocenters. The average molecular weight is 392 g/mol. The van der Waals surface area contributed by atoms with E-state index < -0.39 is 17.8 Å². The maximum absolute atomic E-state index is 13.7. The van der Waals surface area contributed by atoms with Crippen molar-refractivity contribution in [1.82, 2.24) is 4.98 Å². The number of aromatic nitrogens is 1. The van der Waals surface area contributed by atoms with Crippen LogP contribution in [0.3, 0.4) is 0 Å². The van der Waals surface area contributed by atoms with Gasteiger partial charge in [0.2, 0.25) is 0 Å². The molecule has 4 rings (SSSR count). The van der Waals surface area contributed by atoms with Crippen molar-refractivity contribution in [1.29, 1.82) is 0 Å². The SMILES string of the molecule is C[C@H](Oc1ccc(-c2nc3ccccc3s2)cc1)C(=O)Nc1ccccc1F. The Balaban J connectivity index is 1.43. The van der Waals surface area contributed by atoms with Crippen molar-refractivity contribution < 1.29 is 13.9 Å². The molecule has 3 aromatic carbocycles. The summed E-state index contributed by atoms with van der Waals surface area (Å²) in [7, 11) is 0. The molecule has 4 nitrogen and oxygen atoms in total. The highest BCUT2D eigenvalue weighted by Gasteiger charge is 2.16. The van der Waals surface area contributed by atoms with E-state index in [-0.39, 0.29) is 5.69 Å². The molecule has 6 heteroatoms. The van der Waals surface area contributed by atoms with Gasteiger partial charge in [0.25, 0.3) is 5.91 Å². The van der Waals surface area contributed by atoms with E-state index >= 15 is 0 Å². The van der Waals surface area contributed by atoms with E-state index in [1.54, 1.807) is 42.5 Å². The van der Waals surface area contributed by atoms with Crippen molar-refractivity contribution in [3.63, 3.8) is 0 Å². The monoisotopic (exact) mass is 392 g/mol. The molecule has 0 aliphatic carbocycles. The van der Waals surface area contributed by atoms with Gasteiger partial charge in [0, 0.05) is 5.56 Å². The fraction of sp³-hybridized carbons (Fsp3) is 0.0909. The molecule has 1 amide bonds. The number of ether oxygens (including phenoxy) is 1. The Labute approximate surface area is 165 Å². The maximum atomic E-state index is 13.7. The van der Waals surface area contributed by atoms with E-state index in [9.17, 15) is 9.18 Å². The van der Waals surface area contributed by atoms with Crippen molar-refractivity contribution in [3.05, 3.63) is 78.6 Å². The number of hydrogen-bond acceptors (Lipinski definition) is 4. The standard InChI is InChI=1S/C22H17FN2O2S/c1-14(21(26)24-18-7-3-2-6-17(18)23)27-16-12-10-15(11-13-16)22-25-19-8-4-5-9-20(19)28-22/h2-14H,1H3,(H,24,26)/t14-/m0/s1. The van der Waals surface area contributed by atoms with Gasteiger partial charge in [0.05, 0.1) is 15.9 Å². The number of carbonyl (C=O) groups is 1. The molecule has 0 saturated heterocycles. The van der Waals surface area contributed by atoms with Gasteiger partial charge in [-0.25, -0.2) is 9.37 Å². The van der Waals surface area contributed by atoms with Crippen LogP contribution < -0.4 is 10.1 Å². The van der Waals surface area contributed by atoms with Crippen LogP contribution in [0.5, 0.6) is 5.75 Å². The van der Waals surface area contributed by atoms with Gasteiger partial charge in [-0.15, -0.1) is 11.3 Å². The largest absolute Gasteiger partial charge is 0.481 e. The van der Waals surface area contributed by atoms with Crippen LogP contribution in [0, 0.1) is 5.82 Å². The third-order valence-corrected chi connectivity index (χ3v) is 5.29. The second kappa shape index (κ2) is 7.78. The quantitative estimate of drug-likeness (QED) is 0.487. The molecule has 0 aliphatic heterocycles. The third-order valence-electron chi connectivity index (χ3n) is 4.21. The lowest BCUT2D eigenvalue weighted by molar-refractivity contribution is -0.122. The number of halogens is 1. The number of fused-ring (bicyclic) bond motifs is 1. The second-order valence-electron chi connectivity index (χ2n) is 6.24. The van der Waals surface area contributed by atoms with Crippen LogP contribution in [0.25, 0.3) is 20.8 Å². The summed E-state index contributed by atoms with van der Waals surface area (Å²) in [5, 5.41) is 3.46. The van der Waals surface area contributed by atoms with Crippen molar-refractivity contribution in [2.45, 2.75) is 13.0 Å². The van der Waals surface area contributed by atoms with E-state index in [2.05, 4.69) is 10.3 Å². The Morgan fingerprint density at radius 3 is 2.50 bits per heavy atom. The van der Waals surface area contributed by atoms with Gasteiger partial charge in [0.1, 0.15) is 16.6 Å². The summed E-state index contributed by atoms with van der Waals surface area (Å²) in [6.45, 7) is 1.62. The van der Waals surface area contributed by atoms with Crippen LogP contribution >= 0.6 is 11.3 Å². The van der Waals surface area contributed by atoms with Crippen LogP contribution in [0.2, 0.25) is 0 Å². The van der Waals surface area contributed by atoms with Crippen LogP contribution in [0.4, 0.5) is 10.1 Å². The first-order valence-corrected chi connectivity index (χ1v) is 9.60. The molecule has 1 N–H and O–H groups in total. The summed E-state index contributed by atoms with van der Waals surface area (Å²) in [6.07, 6.45) is -0.770. The molecular weight excluding hydrogens is 375 g/mol. The summed E-state index contributed by atoms with van der Waals surface area (Å²) in [4.78, 5) is 16.9. The van der Waals surface area contributed by atoms with E-state index in [4.69, 9.17) is 4.74 Å². The number of amides is 1. The molecule has 0 spiro atoms. The van der Waals surface area contributed by atoms with Crippen LogP contribution in [-0.4, -0.2) is 17.0 Å². The molecule has 0 radical (unpaired) electrons. The lowest BCUT2D eigenvalue weighted by atomic mass is 10.2. The Morgan fingerprint density at radius 1 is 1.04 bits per heavy atom. The van der Waals surface area contributed by atoms with Crippen molar-refractivity contribution in [2.75, 3.05) is 5.32 Å². The van der Waals surface area contributed by atoms with E-state index in [1.165, 1.54) is 12.1 Å². The molecule has 0 saturated carbocycles. The molecule has 1 aromatic heterocycles. The number of thiazole rings is 1. The first kappa shape index (κ1) is 18.1. The molecule has 28 heavy (non-hydrogen) atoms. The van der Waals surface area contributed by atoms with E-state index in [0.717, 1.165) is 20.8 Å².